The van der Waals surface area contributed by atoms with Gasteiger partial charge in [0.2, 0.25) is 0 Å². The highest BCUT2D eigenvalue weighted by Crippen LogP contribution is 2.41. The van der Waals surface area contributed by atoms with Crippen LogP contribution in [0.3, 0.4) is 0 Å². The molecule has 1 atom stereocenters. The molecule has 0 aliphatic carbocycles. The molecule has 1 aromatic carbocycles. The number of benzene rings is 1. The van der Waals surface area contributed by atoms with Crippen LogP contribution in [-0.4, -0.2) is 29.3 Å². The second-order valence-electron chi connectivity index (χ2n) is 6.68. The summed E-state index contributed by atoms with van der Waals surface area (Å²) in [6.07, 6.45) is 0.974. The zero-order chi connectivity index (χ0) is 15.1. The van der Waals surface area contributed by atoms with Crippen molar-refractivity contribution in [3.63, 3.8) is 0 Å². The van der Waals surface area contributed by atoms with Gasteiger partial charge in [0.15, 0.2) is 0 Å². The van der Waals surface area contributed by atoms with Crippen LogP contribution in [0.1, 0.15) is 39.7 Å². The maximum absolute atomic E-state index is 6.19. The van der Waals surface area contributed by atoms with E-state index < -0.39 is 0 Å². The highest BCUT2D eigenvalue weighted by Gasteiger charge is 2.48. The molecule has 0 bridgehead atoms. The van der Waals surface area contributed by atoms with Gasteiger partial charge in [-0.25, -0.2) is 0 Å². The Morgan fingerprint density at radius 1 is 1.30 bits per heavy atom. The number of nitrogens with zero attached hydrogens (tertiary/aromatic N) is 1. The predicted molar refractivity (Wildman–Crippen MR) is 88.4 cm³/mol. The van der Waals surface area contributed by atoms with Crippen LogP contribution in [0.4, 0.5) is 5.69 Å². The Balaban J connectivity index is 2.37. The standard InChI is InChI=1S/C16H24N2OS/c1-15(2)10-13(16(3,4)19-15)18(5)12-9-7-6-8-11(12)14(17)20/h6-9,13H,10H2,1-5H3,(H2,17,20). The molecular formula is C16H24N2OS. The van der Waals surface area contributed by atoms with Gasteiger partial charge in [-0.3, -0.25) is 0 Å². The van der Waals surface area contributed by atoms with Crippen molar-refractivity contribution in [2.24, 2.45) is 5.73 Å². The predicted octanol–water partition coefficient (Wildman–Crippen LogP) is 3.10. The number of likely N-dealkylation sites (N-methyl/N-ethyl adjacent to an activating group) is 1. The lowest BCUT2D eigenvalue weighted by Crippen LogP contribution is -2.45. The van der Waals surface area contributed by atoms with Crippen molar-refractivity contribution in [2.75, 3.05) is 11.9 Å². The first-order valence-corrected chi connectivity index (χ1v) is 7.37. The van der Waals surface area contributed by atoms with Crippen LogP contribution in [0, 0.1) is 0 Å². The van der Waals surface area contributed by atoms with Crippen molar-refractivity contribution in [1.82, 2.24) is 0 Å². The molecule has 2 N–H and O–H groups in total. The quantitative estimate of drug-likeness (QED) is 0.869. The molecule has 110 valence electrons. The Morgan fingerprint density at radius 3 is 2.40 bits per heavy atom. The Kier molecular flexibility index (Phi) is 3.82. The Bertz CT molecular complexity index is 525. The third-order valence-corrected chi connectivity index (χ3v) is 4.26. The van der Waals surface area contributed by atoms with Crippen molar-refractivity contribution in [3.8, 4) is 0 Å². The number of hydrogen-bond acceptors (Lipinski definition) is 3. The van der Waals surface area contributed by atoms with E-state index in [1.165, 1.54) is 0 Å². The van der Waals surface area contributed by atoms with Gasteiger partial charge in [0.1, 0.15) is 4.99 Å². The smallest absolute Gasteiger partial charge is 0.106 e. The fourth-order valence-corrected chi connectivity index (χ4v) is 3.47. The monoisotopic (exact) mass is 292 g/mol. The summed E-state index contributed by atoms with van der Waals surface area (Å²) in [5.41, 5.74) is 7.52. The summed E-state index contributed by atoms with van der Waals surface area (Å²) in [5, 5.41) is 0. The summed E-state index contributed by atoms with van der Waals surface area (Å²) >= 11 is 5.17. The minimum Gasteiger partial charge on any atom is -0.389 e. The number of ether oxygens (including phenoxy) is 1. The first-order valence-electron chi connectivity index (χ1n) is 6.96. The first-order chi connectivity index (χ1) is 9.14. The molecule has 0 aromatic heterocycles. The minimum atomic E-state index is -0.207. The maximum atomic E-state index is 6.19. The number of rotatable bonds is 3. The van der Waals surface area contributed by atoms with E-state index in [1.54, 1.807) is 0 Å². The third-order valence-electron chi connectivity index (χ3n) is 4.04. The molecule has 1 saturated heterocycles. The summed E-state index contributed by atoms with van der Waals surface area (Å²) in [6, 6.07) is 8.30. The van der Waals surface area contributed by atoms with Crippen molar-refractivity contribution >= 4 is 22.9 Å². The second kappa shape index (κ2) is 5.01. The van der Waals surface area contributed by atoms with E-state index in [2.05, 4.69) is 45.7 Å². The van der Waals surface area contributed by atoms with Gasteiger partial charge >= 0.3 is 0 Å². The molecule has 1 fully saturated rings. The van der Waals surface area contributed by atoms with Crippen molar-refractivity contribution in [2.45, 2.75) is 51.4 Å². The molecule has 1 aromatic rings. The largest absolute Gasteiger partial charge is 0.389 e. The number of anilines is 1. The maximum Gasteiger partial charge on any atom is 0.106 e. The van der Waals surface area contributed by atoms with E-state index in [-0.39, 0.29) is 17.2 Å². The third kappa shape index (κ3) is 2.81. The van der Waals surface area contributed by atoms with E-state index in [9.17, 15) is 0 Å². The summed E-state index contributed by atoms with van der Waals surface area (Å²) in [5.74, 6) is 0. The van der Waals surface area contributed by atoms with Crippen LogP contribution in [0.15, 0.2) is 24.3 Å². The van der Waals surface area contributed by atoms with E-state index in [1.807, 2.05) is 18.2 Å². The van der Waals surface area contributed by atoms with Crippen molar-refractivity contribution in [1.29, 1.82) is 0 Å². The van der Waals surface area contributed by atoms with E-state index >= 15 is 0 Å². The normalized spacial score (nSPS) is 23.6. The summed E-state index contributed by atoms with van der Waals surface area (Å²) < 4.78 is 6.19. The summed E-state index contributed by atoms with van der Waals surface area (Å²) in [7, 11) is 2.09. The lowest BCUT2D eigenvalue weighted by Gasteiger charge is -2.36. The molecule has 1 unspecified atom stereocenters. The zero-order valence-corrected chi connectivity index (χ0v) is 13.8. The SMILES string of the molecule is CN(c1ccccc1C(N)=S)C1CC(C)(C)OC1(C)C. The summed E-state index contributed by atoms with van der Waals surface area (Å²) in [4.78, 5) is 2.69. The van der Waals surface area contributed by atoms with Crippen LogP contribution in [0.2, 0.25) is 0 Å². The van der Waals surface area contributed by atoms with Gasteiger partial charge in [-0.15, -0.1) is 0 Å². The highest BCUT2D eigenvalue weighted by molar-refractivity contribution is 7.80. The first kappa shape index (κ1) is 15.3. The molecule has 0 amide bonds. The molecule has 2 rings (SSSR count). The fourth-order valence-electron chi connectivity index (χ4n) is 3.29. The van der Waals surface area contributed by atoms with Crippen LogP contribution < -0.4 is 10.6 Å². The Labute approximate surface area is 127 Å². The molecule has 0 spiro atoms. The average Bonchev–Trinajstić information content (AvgIpc) is 2.56. The molecular weight excluding hydrogens is 268 g/mol. The molecule has 1 aliphatic rings. The van der Waals surface area contributed by atoms with Crippen molar-refractivity contribution in [3.05, 3.63) is 29.8 Å². The minimum absolute atomic E-state index is 0.111. The van der Waals surface area contributed by atoms with Crippen LogP contribution in [-0.2, 0) is 4.74 Å². The molecule has 1 heterocycles. The van der Waals surface area contributed by atoms with Gasteiger partial charge in [-0.1, -0.05) is 24.4 Å². The highest BCUT2D eigenvalue weighted by atomic mass is 32.1. The fraction of sp³-hybridized carbons (Fsp3) is 0.562. The van der Waals surface area contributed by atoms with E-state index in [0.29, 0.717) is 4.99 Å². The number of para-hydroxylation sites is 1. The van der Waals surface area contributed by atoms with Crippen LogP contribution in [0.25, 0.3) is 0 Å². The Morgan fingerprint density at radius 2 is 1.90 bits per heavy atom. The van der Waals surface area contributed by atoms with Crippen LogP contribution in [0.5, 0.6) is 0 Å². The number of nitrogens with two attached hydrogens (primary N) is 1. The zero-order valence-electron chi connectivity index (χ0n) is 12.9. The molecule has 4 heteroatoms. The van der Waals surface area contributed by atoms with Gasteiger partial charge in [0, 0.05) is 18.3 Å². The Hall–Kier alpha value is -1.13. The topological polar surface area (TPSA) is 38.5 Å². The number of hydrogen-bond donors (Lipinski definition) is 1. The van der Waals surface area contributed by atoms with Crippen molar-refractivity contribution < 1.29 is 4.74 Å². The van der Waals surface area contributed by atoms with Gasteiger partial charge in [-0.2, -0.15) is 0 Å². The molecule has 3 nitrogen and oxygen atoms in total. The van der Waals surface area contributed by atoms with Gasteiger partial charge in [-0.05, 0) is 46.2 Å². The lowest BCUT2D eigenvalue weighted by atomic mass is 9.92. The van der Waals surface area contributed by atoms with Gasteiger partial charge < -0.3 is 15.4 Å². The lowest BCUT2D eigenvalue weighted by molar-refractivity contribution is -0.0676. The molecule has 0 saturated carbocycles. The summed E-state index contributed by atoms with van der Waals surface area (Å²) in [6.45, 7) is 8.57. The van der Waals surface area contributed by atoms with E-state index in [0.717, 1.165) is 17.7 Å². The second-order valence-corrected chi connectivity index (χ2v) is 7.12. The molecule has 20 heavy (non-hydrogen) atoms. The van der Waals surface area contributed by atoms with Crippen LogP contribution >= 0.6 is 12.2 Å². The average molecular weight is 292 g/mol. The number of thiocarbonyl (C=S) groups is 1. The van der Waals surface area contributed by atoms with Gasteiger partial charge in [0.05, 0.1) is 17.2 Å². The molecule has 1 aliphatic heterocycles. The molecule has 0 radical (unpaired) electrons. The van der Waals surface area contributed by atoms with E-state index in [4.69, 9.17) is 22.7 Å². The van der Waals surface area contributed by atoms with Gasteiger partial charge in [0.25, 0.3) is 0 Å².